The zero-order valence-electron chi connectivity index (χ0n) is 12.8. The summed E-state index contributed by atoms with van der Waals surface area (Å²) in [5.41, 5.74) is 4.24. The van der Waals surface area contributed by atoms with Gasteiger partial charge < -0.3 is 5.11 Å². The summed E-state index contributed by atoms with van der Waals surface area (Å²) in [6, 6.07) is 16.6. The van der Waals surface area contributed by atoms with Gasteiger partial charge in [0.2, 0.25) is 0 Å². The predicted octanol–water partition coefficient (Wildman–Crippen LogP) is 4.37. The minimum Gasteiger partial charge on any atom is -0.385 e. The number of hydrogen-bond acceptors (Lipinski definition) is 2. The molecule has 0 bridgehead atoms. The second-order valence-electron chi connectivity index (χ2n) is 5.41. The van der Waals surface area contributed by atoms with Crippen LogP contribution in [-0.2, 0) is 0 Å². The Balaban J connectivity index is 2.05. The van der Waals surface area contributed by atoms with Crippen LogP contribution in [0.3, 0.4) is 0 Å². The summed E-state index contributed by atoms with van der Waals surface area (Å²) in [6.07, 6.45) is -0.851. The van der Waals surface area contributed by atoms with Crippen molar-refractivity contribution in [2.45, 2.75) is 19.4 Å². The van der Waals surface area contributed by atoms with E-state index in [0.717, 1.165) is 22.3 Å². The van der Waals surface area contributed by atoms with Crippen LogP contribution in [0, 0.1) is 0 Å². The number of carbonyl (C=O) groups is 1. The van der Waals surface area contributed by atoms with Crippen LogP contribution in [-0.4, -0.2) is 17.0 Å². The number of aliphatic hydroxyl groups is 1. The van der Waals surface area contributed by atoms with Gasteiger partial charge in [-0.3, -0.25) is 4.79 Å². The third-order valence-corrected chi connectivity index (χ3v) is 3.59. The first-order valence-electron chi connectivity index (χ1n) is 7.20. The molecule has 0 unspecified atom stereocenters. The molecule has 0 amide bonds. The van der Waals surface area contributed by atoms with Crippen molar-refractivity contribution in [3.8, 4) is 0 Å². The van der Waals surface area contributed by atoms with Crippen molar-refractivity contribution < 1.29 is 9.90 Å². The molecule has 0 saturated carbocycles. The van der Waals surface area contributed by atoms with Crippen LogP contribution in [0.25, 0.3) is 11.1 Å². The van der Waals surface area contributed by atoms with Crippen LogP contribution in [0.15, 0.2) is 67.8 Å². The van der Waals surface area contributed by atoms with Crippen LogP contribution < -0.4 is 0 Å². The Hall–Kier alpha value is -2.45. The molecule has 0 aromatic heterocycles. The Morgan fingerprint density at radius 2 is 1.50 bits per heavy atom. The first kappa shape index (κ1) is 15.9. The average Bonchev–Trinajstić information content (AvgIpc) is 2.54. The molecule has 0 aliphatic rings. The lowest BCUT2D eigenvalue weighted by Crippen LogP contribution is -2.20. The summed E-state index contributed by atoms with van der Waals surface area (Å²) in [4.78, 5) is 12.2. The summed E-state index contributed by atoms with van der Waals surface area (Å²) < 4.78 is 0. The van der Waals surface area contributed by atoms with Gasteiger partial charge in [-0.15, -0.1) is 0 Å². The number of hydrogen-bond donors (Lipinski definition) is 1. The predicted molar refractivity (Wildman–Crippen MR) is 91.6 cm³/mol. The third kappa shape index (κ3) is 3.80. The maximum atomic E-state index is 12.2. The molecule has 2 nitrogen and oxygen atoms in total. The molecule has 0 saturated heterocycles. The molecule has 0 spiro atoms. The Kier molecular flexibility index (Phi) is 5.08. The molecular weight excluding hydrogens is 272 g/mol. The van der Waals surface area contributed by atoms with E-state index in [1.807, 2.05) is 37.3 Å². The Bertz CT molecular complexity index is 681. The molecule has 0 aliphatic carbocycles. The molecule has 2 heteroatoms. The fourth-order valence-corrected chi connectivity index (χ4v) is 2.23. The smallest absolute Gasteiger partial charge is 0.191 e. The van der Waals surface area contributed by atoms with E-state index in [1.54, 1.807) is 24.3 Å². The Morgan fingerprint density at radius 3 is 2.05 bits per heavy atom. The molecule has 0 heterocycles. The lowest BCUT2D eigenvalue weighted by atomic mass is 9.95. The fraction of sp³-hybridized carbons (Fsp3) is 0.150. The summed E-state index contributed by atoms with van der Waals surface area (Å²) in [5, 5.41) is 10.1. The molecule has 2 aromatic rings. The van der Waals surface area contributed by atoms with Gasteiger partial charge in [0.25, 0.3) is 0 Å². The van der Waals surface area contributed by atoms with E-state index in [9.17, 15) is 9.90 Å². The quantitative estimate of drug-likeness (QED) is 0.803. The van der Waals surface area contributed by atoms with E-state index in [4.69, 9.17) is 0 Å². The van der Waals surface area contributed by atoms with Gasteiger partial charge in [-0.1, -0.05) is 73.3 Å². The number of carbonyl (C=O) groups excluding carboxylic acids is 1. The summed E-state index contributed by atoms with van der Waals surface area (Å²) in [7, 11) is 0. The van der Waals surface area contributed by atoms with Gasteiger partial charge in [0.15, 0.2) is 5.78 Å². The molecule has 2 aromatic carbocycles. The van der Waals surface area contributed by atoms with Gasteiger partial charge in [-0.05, 0) is 23.6 Å². The zero-order valence-corrected chi connectivity index (χ0v) is 12.8. The SMILES string of the molecule is C=C(C)c1ccc(C(=C)C[C@H](O)C(=O)c2ccccc2)cc1. The van der Waals surface area contributed by atoms with Gasteiger partial charge >= 0.3 is 0 Å². The number of rotatable bonds is 6. The van der Waals surface area contributed by atoms with Crippen molar-refractivity contribution in [3.63, 3.8) is 0 Å². The van der Waals surface area contributed by atoms with Gasteiger partial charge in [0.1, 0.15) is 6.10 Å². The molecular formula is C20H20O2. The van der Waals surface area contributed by atoms with Crippen LogP contribution in [0.5, 0.6) is 0 Å². The molecule has 112 valence electrons. The van der Waals surface area contributed by atoms with E-state index < -0.39 is 6.10 Å². The van der Waals surface area contributed by atoms with Crippen molar-refractivity contribution in [3.05, 3.63) is 84.4 Å². The first-order valence-corrected chi connectivity index (χ1v) is 7.20. The largest absolute Gasteiger partial charge is 0.385 e. The minimum absolute atomic E-state index is 0.222. The summed E-state index contributed by atoms with van der Waals surface area (Å²) >= 11 is 0. The van der Waals surface area contributed by atoms with E-state index >= 15 is 0 Å². The highest BCUT2D eigenvalue weighted by Gasteiger charge is 2.18. The second-order valence-corrected chi connectivity index (χ2v) is 5.41. The van der Waals surface area contributed by atoms with Gasteiger partial charge in [-0.25, -0.2) is 0 Å². The topological polar surface area (TPSA) is 37.3 Å². The third-order valence-electron chi connectivity index (χ3n) is 3.59. The standard InChI is InChI=1S/C20H20O2/c1-14(2)16-9-11-17(12-10-16)15(3)13-19(21)20(22)18-7-5-4-6-8-18/h4-12,19,21H,1,3,13H2,2H3/t19-/m0/s1. The normalized spacial score (nSPS) is 11.7. The number of benzene rings is 2. The Labute approximate surface area is 131 Å². The zero-order chi connectivity index (χ0) is 16.1. The van der Waals surface area contributed by atoms with E-state index in [-0.39, 0.29) is 12.2 Å². The highest BCUT2D eigenvalue weighted by molar-refractivity contribution is 6.00. The molecule has 0 radical (unpaired) electrons. The van der Waals surface area contributed by atoms with E-state index in [2.05, 4.69) is 13.2 Å². The van der Waals surface area contributed by atoms with Gasteiger partial charge in [0, 0.05) is 12.0 Å². The first-order chi connectivity index (χ1) is 10.5. The molecule has 22 heavy (non-hydrogen) atoms. The average molecular weight is 292 g/mol. The Morgan fingerprint density at radius 1 is 0.955 bits per heavy atom. The molecule has 2 rings (SSSR count). The van der Waals surface area contributed by atoms with E-state index in [0.29, 0.717) is 5.56 Å². The molecule has 0 fully saturated rings. The summed E-state index contributed by atoms with van der Waals surface area (Å²) in [5.74, 6) is -0.277. The maximum Gasteiger partial charge on any atom is 0.191 e. The van der Waals surface area contributed by atoms with Crippen LogP contribution in [0.2, 0.25) is 0 Å². The second kappa shape index (κ2) is 7.01. The number of allylic oxidation sites excluding steroid dienone is 1. The van der Waals surface area contributed by atoms with Crippen molar-refractivity contribution in [1.29, 1.82) is 0 Å². The van der Waals surface area contributed by atoms with Crippen molar-refractivity contribution in [1.82, 2.24) is 0 Å². The minimum atomic E-state index is -1.07. The van der Waals surface area contributed by atoms with Crippen LogP contribution in [0.1, 0.15) is 34.8 Å². The van der Waals surface area contributed by atoms with Crippen LogP contribution in [0.4, 0.5) is 0 Å². The monoisotopic (exact) mass is 292 g/mol. The van der Waals surface area contributed by atoms with Crippen molar-refractivity contribution in [2.24, 2.45) is 0 Å². The van der Waals surface area contributed by atoms with Crippen molar-refractivity contribution in [2.75, 3.05) is 0 Å². The lowest BCUT2D eigenvalue weighted by Gasteiger charge is -2.12. The number of aliphatic hydroxyl groups excluding tert-OH is 1. The summed E-state index contributed by atoms with van der Waals surface area (Å²) in [6.45, 7) is 9.83. The van der Waals surface area contributed by atoms with Crippen molar-refractivity contribution >= 4 is 16.9 Å². The molecule has 1 N–H and O–H groups in total. The number of ketones is 1. The highest BCUT2D eigenvalue weighted by Crippen LogP contribution is 2.22. The highest BCUT2D eigenvalue weighted by atomic mass is 16.3. The fourth-order valence-electron chi connectivity index (χ4n) is 2.23. The molecule has 1 atom stereocenters. The van der Waals surface area contributed by atoms with Gasteiger partial charge in [-0.2, -0.15) is 0 Å². The molecule has 0 aliphatic heterocycles. The van der Waals surface area contributed by atoms with Gasteiger partial charge in [0.05, 0.1) is 0 Å². The maximum absolute atomic E-state index is 12.2. The number of Topliss-reactive ketones (excluding diaryl/α,β-unsaturated/α-hetero) is 1. The van der Waals surface area contributed by atoms with E-state index in [1.165, 1.54) is 0 Å². The lowest BCUT2D eigenvalue weighted by molar-refractivity contribution is 0.0757. The van der Waals surface area contributed by atoms with Crippen LogP contribution >= 0.6 is 0 Å².